The number of aliphatic hydroxyl groups is 1. The van der Waals surface area contributed by atoms with Crippen LogP contribution in [0.2, 0.25) is 0 Å². The van der Waals surface area contributed by atoms with Crippen LogP contribution in [0.15, 0.2) is 130 Å². The maximum absolute atomic E-state index is 13.3. The highest BCUT2D eigenvalue weighted by molar-refractivity contribution is 6.14. The number of fused-ring (bicyclic) bond motifs is 2. The van der Waals surface area contributed by atoms with Crippen molar-refractivity contribution in [1.29, 1.82) is 0 Å². The zero-order valence-electron chi connectivity index (χ0n) is 34.7. The minimum Gasteiger partial charge on any atom is -0.389 e. The van der Waals surface area contributed by atoms with Crippen LogP contribution < -0.4 is 0 Å². The second-order valence-electron chi connectivity index (χ2n) is 23.9. The molecule has 2 nitrogen and oxygen atoms in total. The van der Waals surface area contributed by atoms with E-state index in [1.54, 1.807) is 72.4 Å². The van der Waals surface area contributed by atoms with Gasteiger partial charge in [0.15, 0.2) is 5.78 Å². The first-order chi connectivity index (χ1) is 31.2. The van der Waals surface area contributed by atoms with E-state index in [1.807, 2.05) is 55.7 Å². The average molecular weight is 805 g/mol. The summed E-state index contributed by atoms with van der Waals surface area (Å²) in [5.41, 5.74) is 41.8. The van der Waals surface area contributed by atoms with Crippen LogP contribution in [0.4, 0.5) is 0 Å². The normalized spacial score (nSPS) is 46.2. The van der Waals surface area contributed by atoms with E-state index in [2.05, 4.69) is 85.0 Å². The molecule has 0 aromatic heterocycles. The number of aliphatic hydroxyl groups excluding tert-OH is 1. The Labute approximate surface area is 364 Å². The molecule has 3 aromatic rings. The summed E-state index contributed by atoms with van der Waals surface area (Å²) in [5.74, 6) is 6.16. The second-order valence-corrected chi connectivity index (χ2v) is 23.9. The Morgan fingerprint density at radius 2 is 1.49 bits per heavy atom. The fourth-order valence-electron chi connectivity index (χ4n) is 23.3. The summed E-state index contributed by atoms with van der Waals surface area (Å²) in [6, 6.07) is 12.1. The Kier molecular flexibility index (Phi) is 3.88. The highest BCUT2D eigenvalue weighted by atomic mass is 16.3. The van der Waals surface area contributed by atoms with Gasteiger partial charge < -0.3 is 5.11 Å². The van der Waals surface area contributed by atoms with Crippen LogP contribution in [0.1, 0.15) is 123 Å². The van der Waals surface area contributed by atoms with Gasteiger partial charge in [-0.3, -0.25) is 4.79 Å². The van der Waals surface area contributed by atoms with Crippen molar-refractivity contribution < 1.29 is 9.90 Å². The van der Waals surface area contributed by atoms with Crippen molar-refractivity contribution in [2.75, 3.05) is 6.61 Å². The molecule has 3 saturated carbocycles. The number of benzene rings is 3. The van der Waals surface area contributed by atoms with Crippen LogP contribution in [0.3, 0.4) is 0 Å². The summed E-state index contributed by atoms with van der Waals surface area (Å²) < 4.78 is 0. The third kappa shape index (κ3) is 2.20. The van der Waals surface area contributed by atoms with Crippen molar-refractivity contribution in [1.82, 2.24) is 0 Å². The minimum atomic E-state index is -0.348. The molecule has 1 N–H and O–H groups in total. The zero-order chi connectivity index (χ0) is 39.6. The van der Waals surface area contributed by atoms with Crippen LogP contribution in [-0.2, 0) is 15.6 Å². The number of allylic oxidation sites excluding steroid dienone is 20. The molecule has 0 radical (unpaired) electrons. The van der Waals surface area contributed by atoms with Crippen molar-refractivity contribution in [3.8, 4) is 11.1 Å². The lowest BCUT2D eigenvalue weighted by Gasteiger charge is -2.51. The third-order valence-electron chi connectivity index (χ3n) is 23.5. The fraction of sp³-hybridized carbons (Fsp3) is 0.361. The number of ketones is 1. The quantitative estimate of drug-likeness (QED) is 0.252. The molecule has 0 amide bonds. The number of Topliss-reactive ketones (excluding diaryl/α,β-unsaturated/α-hetero) is 1. The highest BCUT2D eigenvalue weighted by Crippen LogP contribution is 3.02. The maximum Gasteiger partial charge on any atom is 0.158 e. The van der Waals surface area contributed by atoms with E-state index in [0.717, 1.165) is 19.3 Å². The smallest absolute Gasteiger partial charge is 0.158 e. The van der Waals surface area contributed by atoms with Gasteiger partial charge in [0, 0.05) is 75.9 Å². The predicted octanol–water partition coefficient (Wildman–Crippen LogP) is 11.0. The molecule has 63 heavy (non-hydrogen) atoms. The molecule has 22 rings (SSSR count). The van der Waals surface area contributed by atoms with Gasteiger partial charge in [0.05, 0.1) is 0 Å². The SMILES string of the molecule is O=C(CO)CCCC1(c2ccccc2)C23c4c5c6c7c8c4C4C9=C%10C=CC%11CC%12=CC%13C=C%14CC%15=CC%16C%17C=CC%18=C%19C=CC%10C(C%19c%10c%18c%17c(c-5c%102)C%16C6C%15C%14=C7C%13C8=C%12C%114)C913. The lowest BCUT2D eigenvalue weighted by atomic mass is 9.51. The number of carbonyl (C=O) groups excluding carboxylic acids is 1. The van der Waals surface area contributed by atoms with Crippen molar-refractivity contribution in [3.63, 3.8) is 0 Å². The molecule has 296 valence electrons. The molecular weight excluding hydrogens is 765 g/mol. The van der Waals surface area contributed by atoms with E-state index in [0.29, 0.717) is 83.4 Å². The largest absolute Gasteiger partial charge is 0.389 e. The van der Waals surface area contributed by atoms with Gasteiger partial charge >= 0.3 is 0 Å². The van der Waals surface area contributed by atoms with Crippen LogP contribution in [-0.4, -0.2) is 17.5 Å². The first-order valence-electron chi connectivity index (χ1n) is 25.0. The summed E-state index contributed by atoms with van der Waals surface area (Å²) in [5, 5.41) is 10.2. The Morgan fingerprint density at radius 3 is 2.40 bits per heavy atom. The average Bonchev–Trinajstić information content (AvgIpc) is 4.04. The van der Waals surface area contributed by atoms with Crippen molar-refractivity contribution in [2.24, 2.45) is 52.8 Å². The van der Waals surface area contributed by atoms with E-state index >= 15 is 0 Å². The number of hydrogen-bond donors (Lipinski definition) is 1. The van der Waals surface area contributed by atoms with Crippen LogP contribution >= 0.6 is 0 Å². The number of carbonyl (C=O) groups is 1. The Balaban J connectivity index is 1.04. The second kappa shape index (κ2) is 8.17. The maximum atomic E-state index is 13.3. The van der Waals surface area contributed by atoms with E-state index in [4.69, 9.17) is 0 Å². The van der Waals surface area contributed by atoms with E-state index in [-0.39, 0.29) is 28.6 Å². The van der Waals surface area contributed by atoms with Crippen LogP contribution in [0.25, 0.3) is 27.8 Å². The molecule has 16 atom stereocenters. The third-order valence-corrected chi connectivity index (χ3v) is 23.5. The molecule has 0 saturated heterocycles. The van der Waals surface area contributed by atoms with Crippen LogP contribution in [0.5, 0.6) is 0 Å². The van der Waals surface area contributed by atoms with Crippen molar-refractivity contribution in [3.05, 3.63) is 191 Å². The lowest BCUT2D eigenvalue weighted by Crippen LogP contribution is -2.43. The molecule has 19 aliphatic carbocycles. The van der Waals surface area contributed by atoms with E-state index in [1.165, 1.54) is 12.0 Å². The van der Waals surface area contributed by atoms with Crippen molar-refractivity contribution in [2.45, 2.75) is 72.5 Å². The number of rotatable bonds is 6. The van der Waals surface area contributed by atoms with Gasteiger partial charge in [-0.1, -0.05) is 90.6 Å². The molecule has 0 bridgehead atoms. The van der Waals surface area contributed by atoms with Crippen LogP contribution in [0, 0.1) is 52.8 Å². The standard InChI is InChI=1S/C61H40O2/c62-20-27(63)7-4-14-59(26-5-2-1-3-6-26)60-55-32-13-12-29-28-10-11-30-33-19-25-18-23-17-24-16-22-15-21-8-9-31(32)56(60)50-34(21)35(22)44-38(24)43-36(23)37(25)45-41(33)46-39(30)40(28)51(42(29)55)57-52(46)54-49(45)47(43)48(44)53(50)58(54)61(57,59)60/h1-3,5-6,8-13,16-17,19,21,24,30,32-34,37-38,41-42,45,50,55,62H,4,7,14-15,18,20H2. The molecule has 2 spiro atoms. The molecule has 19 aliphatic rings. The minimum absolute atomic E-state index is 0.00147. The van der Waals surface area contributed by atoms with Gasteiger partial charge in [0.25, 0.3) is 0 Å². The Bertz CT molecular complexity index is 3630. The predicted molar refractivity (Wildman–Crippen MR) is 239 cm³/mol. The van der Waals surface area contributed by atoms with Crippen molar-refractivity contribution >= 4 is 22.5 Å². The Morgan fingerprint density at radius 1 is 0.683 bits per heavy atom. The summed E-state index contributed by atoms with van der Waals surface area (Å²) in [6.45, 7) is -0.348. The molecule has 16 unspecified atom stereocenters. The van der Waals surface area contributed by atoms with Gasteiger partial charge in [-0.2, -0.15) is 0 Å². The van der Waals surface area contributed by atoms with Gasteiger partial charge in [0.1, 0.15) is 6.61 Å². The molecule has 0 aliphatic heterocycles. The monoisotopic (exact) mass is 804 g/mol. The summed E-state index contributed by atoms with van der Waals surface area (Å²) in [6.07, 6.45) is 29.6. The Hall–Kier alpha value is -5.31. The number of hydrogen-bond acceptors (Lipinski definition) is 2. The topological polar surface area (TPSA) is 37.3 Å². The summed E-state index contributed by atoms with van der Waals surface area (Å²) in [4.78, 5) is 13.3. The lowest BCUT2D eigenvalue weighted by molar-refractivity contribution is -0.121. The first kappa shape index (κ1) is 29.9. The summed E-state index contributed by atoms with van der Waals surface area (Å²) in [7, 11) is 0. The zero-order valence-corrected chi connectivity index (χ0v) is 34.7. The first-order valence-corrected chi connectivity index (χ1v) is 25.0. The molecule has 2 heteroatoms. The fourth-order valence-corrected chi connectivity index (χ4v) is 23.3. The van der Waals surface area contributed by atoms with Gasteiger partial charge in [0.2, 0.25) is 0 Å². The van der Waals surface area contributed by atoms with Gasteiger partial charge in [-0.25, -0.2) is 0 Å². The summed E-state index contributed by atoms with van der Waals surface area (Å²) >= 11 is 0. The molecule has 3 aromatic carbocycles. The van der Waals surface area contributed by atoms with E-state index < -0.39 is 0 Å². The molecule has 0 heterocycles. The molecular formula is C61H40O2. The van der Waals surface area contributed by atoms with Gasteiger partial charge in [-0.15, -0.1) is 0 Å². The highest BCUT2D eigenvalue weighted by Gasteiger charge is 2.99. The molecule has 3 fully saturated rings. The van der Waals surface area contributed by atoms with E-state index in [9.17, 15) is 9.90 Å². The van der Waals surface area contributed by atoms with Gasteiger partial charge in [-0.05, 0) is 177 Å².